The first-order chi connectivity index (χ1) is 12.1. The number of amides is 1. The molecule has 0 aromatic heterocycles. The number of carbonyl (C=O) groups is 1. The fourth-order valence-electron chi connectivity index (χ4n) is 2.42. The number of ether oxygens (including phenoxy) is 1. The normalized spacial score (nSPS) is 12.3. The number of hydrogen-bond donors (Lipinski definition) is 1. The molecule has 1 amide bonds. The van der Waals surface area contributed by atoms with Crippen LogP contribution in [0.3, 0.4) is 0 Å². The lowest BCUT2D eigenvalue weighted by Crippen LogP contribution is -2.45. The van der Waals surface area contributed by atoms with Crippen molar-refractivity contribution in [3.8, 4) is 5.75 Å². The minimum Gasteiger partial charge on any atom is -0.497 e. The monoisotopic (exact) mass is 416 g/mol. The maximum Gasteiger partial charge on any atom is 0.247 e. The summed E-state index contributed by atoms with van der Waals surface area (Å²) in [6.07, 6.45) is 1.01. The summed E-state index contributed by atoms with van der Waals surface area (Å²) in [4.78, 5) is 12.6. The second-order valence-electron chi connectivity index (χ2n) is 5.58. The zero-order chi connectivity index (χ0) is 19.5. The summed E-state index contributed by atoms with van der Waals surface area (Å²) >= 11 is 11.9. The fraction of sp³-hybridized carbons (Fsp3) is 0.235. The number of rotatable bonds is 6. The van der Waals surface area contributed by atoms with Gasteiger partial charge in [0.15, 0.2) is 0 Å². The molecule has 2 rings (SSSR count). The van der Waals surface area contributed by atoms with Crippen molar-refractivity contribution < 1.29 is 17.9 Å². The fourth-order valence-corrected chi connectivity index (χ4v) is 4.10. The van der Waals surface area contributed by atoms with E-state index in [-0.39, 0.29) is 15.7 Å². The molecule has 1 atom stereocenters. The van der Waals surface area contributed by atoms with Gasteiger partial charge in [0.1, 0.15) is 11.8 Å². The summed E-state index contributed by atoms with van der Waals surface area (Å²) in [6, 6.07) is 10.1. The quantitative estimate of drug-likeness (QED) is 0.776. The lowest BCUT2D eigenvalue weighted by Gasteiger charge is -2.28. The van der Waals surface area contributed by atoms with Crippen LogP contribution in [0, 0.1) is 0 Å². The number of nitrogens with one attached hydrogen (secondary N) is 1. The van der Waals surface area contributed by atoms with Crippen molar-refractivity contribution in [2.75, 3.05) is 23.0 Å². The van der Waals surface area contributed by atoms with Gasteiger partial charge >= 0.3 is 0 Å². The van der Waals surface area contributed by atoms with E-state index in [0.717, 1.165) is 10.6 Å². The third-order valence-corrected chi connectivity index (χ3v) is 5.21. The standard InChI is InChI=1S/C17H18Cl2N2O4S/c1-11(17(22)20-14-5-4-6-16(10-14)25-2)21(26(3,23)24)15-8-12(18)7-13(19)9-15/h4-11H,1-3H3,(H,20,22)/t11-/m0/s1. The molecule has 0 aliphatic carbocycles. The molecule has 0 saturated heterocycles. The van der Waals surface area contributed by atoms with Gasteiger partial charge in [-0.25, -0.2) is 8.42 Å². The Kier molecular flexibility index (Phi) is 6.39. The van der Waals surface area contributed by atoms with E-state index in [1.54, 1.807) is 24.3 Å². The van der Waals surface area contributed by atoms with E-state index < -0.39 is 22.0 Å². The van der Waals surface area contributed by atoms with Gasteiger partial charge in [-0.2, -0.15) is 0 Å². The van der Waals surface area contributed by atoms with Crippen molar-refractivity contribution >= 4 is 50.5 Å². The SMILES string of the molecule is COc1cccc(NC(=O)[C@H](C)N(c2cc(Cl)cc(Cl)c2)S(C)(=O)=O)c1. The zero-order valence-corrected chi connectivity index (χ0v) is 16.7. The van der Waals surface area contributed by atoms with Crippen LogP contribution < -0.4 is 14.4 Å². The van der Waals surface area contributed by atoms with Crippen LogP contribution in [0.4, 0.5) is 11.4 Å². The van der Waals surface area contributed by atoms with Crippen LogP contribution in [0.15, 0.2) is 42.5 Å². The molecular formula is C17H18Cl2N2O4S. The van der Waals surface area contributed by atoms with Crippen LogP contribution in [-0.2, 0) is 14.8 Å². The average molecular weight is 417 g/mol. The van der Waals surface area contributed by atoms with Gasteiger partial charge in [0.05, 0.1) is 19.1 Å². The smallest absolute Gasteiger partial charge is 0.247 e. The average Bonchev–Trinajstić information content (AvgIpc) is 2.52. The molecule has 0 spiro atoms. The van der Waals surface area contributed by atoms with Gasteiger partial charge in [-0.15, -0.1) is 0 Å². The predicted octanol–water partition coefficient (Wildman–Crippen LogP) is 3.80. The maximum atomic E-state index is 12.6. The number of benzene rings is 2. The number of nitrogens with zero attached hydrogens (tertiary/aromatic N) is 1. The second-order valence-corrected chi connectivity index (χ2v) is 8.32. The molecule has 9 heteroatoms. The van der Waals surface area contributed by atoms with E-state index in [2.05, 4.69) is 5.32 Å². The first-order valence-corrected chi connectivity index (χ1v) is 10.1. The summed E-state index contributed by atoms with van der Waals surface area (Å²) in [7, 11) is -2.26. The Morgan fingerprint density at radius 3 is 2.31 bits per heavy atom. The molecule has 2 aromatic rings. The Labute approximate surface area is 162 Å². The molecule has 6 nitrogen and oxygen atoms in total. The Bertz CT molecular complexity index is 898. The molecule has 0 heterocycles. The summed E-state index contributed by atoms with van der Waals surface area (Å²) in [6.45, 7) is 1.48. The van der Waals surface area contributed by atoms with E-state index in [4.69, 9.17) is 27.9 Å². The third-order valence-electron chi connectivity index (χ3n) is 3.53. The Morgan fingerprint density at radius 1 is 1.15 bits per heavy atom. The second kappa shape index (κ2) is 8.16. The Morgan fingerprint density at radius 2 is 1.77 bits per heavy atom. The van der Waals surface area contributed by atoms with Crippen molar-refractivity contribution in [3.63, 3.8) is 0 Å². The first-order valence-electron chi connectivity index (χ1n) is 7.52. The van der Waals surface area contributed by atoms with E-state index in [1.807, 2.05) is 0 Å². The number of anilines is 2. The van der Waals surface area contributed by atoms with Crippen LogP contribution in [0.2, 0.25) is 10.0 Å². The van der Waals surface area contributed by atoms with Crippen molar-refractivity contribution in [1.82, 2.24) is 0 Å². The van der Waals surface area contributed by atoms with Gasteiger partial charge in [-0.3, -0.25) is 9.10 Å². The molecule has 0 saturated carbocycles. The molecule has 2 aromatic carbocycles. The van der Waals surface area contributed by atoms with Crippen molar-refractivity contribution in [2.45, 2.75) is 13.0 Å². The highest BCUT2D eigenvalue weighted by molar-refractivity contribution is 7.92. The van der Waals surface area contributed by atoms with Gasteiger partial charge in [-0.1, -0.05) is 29.3 Å². The van der Waals surface area contributed by atoms with Crippen molar-refractivity contribution in [2.24, 2.45) is 0 Å². The Balaban J connectivity index is 2.34. The highest BCUT2D eigenvalue weighted by Gasteiger charge is 2.29. The minimum atomic E-state index is -3.77. The van der Waals surface area contributed by atoms with Crippen LogP contribution in [0.1, 0.15) is 6.92 Å². The third kappa shape index (κ3) is 5.03. The van der Waals surface area contributed by atoms with E-state index in [1.165, 1.54) is 32.2 Å². The summed E-state index contributed by atoms with van der Waals surface area (Å²) < 4.78 is 30.7. The van der Waals surface area contributed by atoms with Gasteiger partial charge in [-0.05, 0) is 37.3 Å². The molecule has 0 unspecified atom stereocenters. The van der Waals surface area contributed by atoms with Gasteiger partial charge < -0.3 is 10.1 Å². The van der Waals surface area contributed by atoms with Crippen LogP contribution >= 0.6 is 23.2 Å². The number of methoxy groups -OCH3 is 1. The van der Waals surface area contributed by atoms with Gasteiger partial charge in [0.25, 0.3) is 0 Å². The predicted molar refractivity (Wildman–Crippen MR) is 105 cm³/mol. The van der Waals surface area contributed by atoms with Crippen LogP contribution in [0.25, 0.3) is 0 Å². The van der Waals surface area contributed by atoms with Gasteiger partial charge in [0.2, 0.25) is 15.9 Å². The first kappa shape index (κ1) is 20.4. The molecule has 0 radical (unpaired) electrons. The largest absolute Gasteiger partial charge is 0.497 e. The number of hydrogen-bond acceptors (Lipinski definition) is 4. The van der Waals surface area contributed by atoms with Crippen LogP contribution in [0.5, 0.6) is 5.75 Å². The van der Waals surface area contributed by atoms with Crippen molar-refractivity contribution in [3.05, 3.63) is 52.5 Å². The minimum absolute atomic E-state index is 0.207. The van der Waals surface area contributed by atoms with E-state index in [9.17, 15) is 13.2 Å². The molecule has 1 N–H and O–H groups in total. The summed E-state index contributed by atoms with van der Waals surface area (Å²) in [5, 5.41) is 3.21. The topological polar surface area (TPSA) is 75.7 Å². The molecule has 26 heavy (non-hydrogen) atoms. The van der Waals surface area contributed by atoms with Crippen LogP contribution in [-0.4, -0.2) is 33.7 Å². The number of halogens is 2. The van der Waals surface area contributed by atoms with Crippen molar-refractivity contribution in [1.29, 1.82) is 0 Å². The van der Waals surface area contributed by atoms with E-state index in [0.29, 0.717) is 11.4 Å². The lowest BCUT2D eigenvalue weighted by atomic mass is 10.2. The molecular weight excluding hydrogens is 399 g/mol. The highest BCUT2D eigenvalue weighted by atomic mass is 35.5. The zero-order valence-electron chi connectivity index (χ0n) is 14.4. The maximum absolute atomic E-state index is 12.6. The summed E-state index contributed by atoms with van der Waals surface area (Å²) in [5.74, 6) is 0.0526. The lowest BCUT2D eigenvalue weighted by molar-refractivity contribution is -0.116. The van der Waals surface area contributed by atoms with Gasteiger partial charge in [0, 0.05) is 21.8 Å². The molecule has 0 bridgehead atoms. The molecule has 0 aliphatic rings. The highest BCUT2D eigenvalue weighted by Crippen LogP contribution is 2.29. The molecule has 0 aliphatic heterocycles. The number of carbonyl (C=O) groups excluding carboxylic acids is 1. The van der Waals surface area contributed by atoms with E-state index >= 15 is 0 Å². The molecule has 140 valence electrons. The summed E-state index contributed by atoms with van der Waals surface area (Å²) in [5.41, 5.74) is 0.692. The molecule has 0 fully saturated rings. The Hall–Kier alpha value is -1.96. The number of sulfonamides is 1.